The Labute approximate surface area is 137 Å². The van der Waals surface area contributed by atoms with Crippen LogP contribution < -0.4 is 14.8 Å². The van der Waals surface area contributed by atoms with E-state index in [2.05, 4.69) is 5.32 Å². The molecule has 1 heterocycles. The Kier molecular flexibility index (Phi) is 5.69. The molecular weight excluding hydrogens is 294 g/mol. The van der Waals surface area contributed by atoms with E-state index in [9.17, 15) is 5.11 Å². The van der Waals surface area contributed by atoms with Crippen molar-refractivity contribution < 1.29 is 19.0 Å². The summed E-state index contributed by atoms with van der Waals surface area (Å²) in [5, 5.41) is 13.7. The van der Waals surface area contributed by atoms with Gasteiger partial charge in [-0.3, -0.25) is 0 Å². The van der Waals surface area contributed by atoms with Crippen LogP contribution in [0.2, 0.25) is 0 Å². The van der Waals surface area contributed by atoms with Gasteiger partial charge in [0.05, 0.1) is 19.5 Å². The van der Waals surface area contributed by atoms with Gasteiger partial charge in [-0.05, 0) is 39.0 Å². The third kappa shape index (κ3) is 4.74. The second-order valence-corrected chi connectivity index (χ2v) is 5.99. The minimum atomic E-state index is -1.06. The number of rotatable bonds is 8. The summed E-state index contributed by atoms with van der Waals surface area (Å²) in [5.74, 6) is 2.08. The summed E-state index contributed by atoms with van der Waals surface area (Å²) in [6.07, 6.45) is 1.63. The lowest BCUT2D eigenvalue weighted by Gasteiger charge is -2.22. The molecule has 1 aromatic carbocycles. The number of furan rings is 1. The predicted octanol–water partition coefficient (Wildman–Crippen LogP) is 3.07. The van der Waals surface area contributed by atoms with Crippen molar-refractivity contribution in [3.05, 3.63) is 47.9 Å². The van der Waals surface area contributed by atoms with E-state index in [1.54, 1.807) is 32.4 Å². The van der Waals surface area contributed by atoms with Crippen LogP contribution in [0.4, 0.5) is 0 Å². The molecule has 5 heteroatoms. The van der Waals surface area contributed by atoms with Crippen LogP contribution in [0.1, 0.15) is 32.1 Å². The van der Waals surface area contributed by atoms with Crippen molar-refractivity contribution in [2.45, 2.75) is 39.0 Å². The van der Waals surface area contributed by atoms with E-state index in [0.717, 1.165) is 17.1 Å². The molecule has 126 valence electrons. The molecule has 0 aliphatic rings. The van der Waals surface area contributed by atoms with E-state index in [4.69, 9.17) is 13.9 Å². The summed E-state index contributed by atoms with van der Waals surface area (Å²) in [7, 11) is 1.63. The molecule has 5 nitrogen and oxygen atoms in total. The molecule has 2 aromatic rings. The average molecular weight is 319 g/mol. The summed E-state index contributed by atoms with van der Waals surface area (Å²) in [6, 6.07) is 9.27. The molecule has 1 aromatic heterocycles. The van der Waals surface area contributed by atoms with Gasteiger partial charge in [0.25, 0.3) is 0 Å². The smallest absolute Gasteiger partial charge is 0.136 e. The summed E-state index contributed by atoms with van der Waals surface area (Å²) in [4.78, 5) is 0. The highest BCUT2D eigenvalue weighted by Gasteiger charge is 2.25. The SMILES string of the molecule is COc1ccc(CNCC(C)(O)c2ccco2)c(OC(C)C)c1. The maximum atomic E-state index is 10.4. The van der Waals surface area contributed by atoms with E-state index in [0.29, 0.717) is 18.8 Å². The van der Waals surface area contributed by atoms with Gasteiger partial charge in [0.2, 0.25) is 0 Å². The van der Waals surface area contributed by atoms with Gasteiger partial charge < -0.3 is 24.3 Å². The van der Waals surface area contributed by atoms with E-state index in [1.807, 2.05) is 32.0 Å². The highest BCUT2D eigenvalue weighted by molar-refractivity contribution is 5.40. The van der Waals surface area contributed by atoms with Crippen LogP contribution in [0.5, 0.6) is 11.5 Å². The average Bonchev–Trinajstić information content (AvgIpc) is 3.03. The topological polar surface area (TPSA) is 63.9 Å². The van der Waals surface area contributed by atoms with Crippen molar-refractivity contribution in [2.24, 2.45) is 0 Å². The van der Waals surface area contributed by atoms with Crippen LogP contribution in [-0.4, -0.2) is 24.9 Å². The standard InChI is InChI=1S/C18H25NO4/c1-13(2)23-16-10-15(21-4)8-7-14(16)11-19-12-18(3,20)17-6-5-9-22-17/h5-10,13,19-20H,11-12H2,1-4H3. The van der Waals surface area contributed by atoms with Crippen LogP contribution in [-0.2, 0) is 12.1 Å². The van der Waals surface area contributed by atoms with Crippen molar-refractivity contribution in [3.8, 4) is 11.5 Å². The highest BCUT2D eigenvalue weighted by atomic mass is 16.5. The Morgan fingerprint density at radius 3 is 2.70 bits per heavy atom. The van der Waals surface area contributed by atoms with Crippen LogP contribution >= 0.6 is 0 Å². The van der Waals surface area contributed by atoms with Gasteiger partial charge in [0.1, 0.15) is 22.9 Å². The van der Waals surface area contributed by atoms with Crippen molar-refractivity contribution in [1.82, 2.24) is 5.32 Å². The molecule has 0 bridgehead atoms. The number of ether oxygens (including phenoxy) is 2. The largest absolute Gasteiger partial charge is 0.497 e. The third-order valence-electron chi connectivity index (χ3n) is 3.47. The summed E-state index contributed by atoms with van der Waals surface area (Å²) < 4.78 is 16.4. The molecular formula is C18H25NO4. The molecule has 2 rings (SSSR count). The number of hydrogen-bond acceptors (Lipinski definition) is 5. The van der Waals surface area contributed by atoms with E-state index in [1.165, 1.54) is 0 Å². The monoisotopic (exact) mass is 319 g/mol. The molecule has 1 unspecified atom stereocenters. The quantitative estimate of drug-likeness (QED) is 0.783. The lowest BCUT2D eigenvalue weighted by molar-refractivity contribution is 0.0339. The molecule has 0 radical (unpaired) electrons. The summed E-state index contributed by atoms with van der Waals surface area (Å²) in [5.41, 5.74) is -0.0515. The Morgan fingerprint density at radius 2 is 2.09 bits per heavy atom. The molecule has 2 N–H and O–H groups in total. The molecule has 1 atom stereocenters. The summed E-state index contributed by atoms with van der Waals surface area (Å²) in [6.45, 7) is 6.63. The first kappa shape index (κ1) is 17.4. The molecule has 0 saturated carbocycles. The van der Waals surface area contributed by atoms with Crippen molar-refractivity contribution >= 4 is 0 Å². The zero-order valence-corrected chi connectivity index (χ0v) is 14.1. The van der Waals surface area contributed by atoms with Gasteiger partial charge in [-0.15, -0.1) is 0 Å². The molecule has 0 amide bonds. The first-order valence-corrected chi connectivity index (χ1v) is 7.73. The van der Waals surface area contributed by atoms with E-state index >= 15 is 0 Å². The minimum absolute atomic E-state index is 0.0760. The Morgan fingerprint density at radius 1 is 1.30 bits per heavy atom. The van der Waals surface area contributed by atoms with Crippen molar-refractivity contribution in [1.29, 1.82) is 0 Å². The summed E-state index contributed by atoms with van der Waals surface area (Å²) >= 11 is 0. The fraction of sp³-hybridized carbons (Fsp3) is 0.444. The Hall–Kier alpha value is -1.98. The van der Waals surface area contributed by atoms with E-state index < -0.39 is 5.60 Å². The molecule has 0 saturated heterocycles. The van der Waals surface area contributed by atoms with Crippen LogP contribution in [0.25, 0.3) is 0 Å². The number of hydrogen-bond donors (Lipinski definition) is 2. The first-order valence-electron chi connectivity index (χ1n) is 7.73. The van der Waals surface area contributed by atoms with Gasteiger partial charge in [-0.25, -0.2) is 0 Å². The Balaban J connectivity index is 2.02. The van der Waals surface area contributed by atoms with Gasteiger partial charge in [0.15, 0.2) is 0 Å². The van der Waals surface area contributed by atoms with Crippen molar-refractivity contribution in [2.75, 3.05) is 13.7 Å². The fourth-order valence-electron chi connectivity index (χ4n) is 2.28. The lowest BCUT2D eigenvalue weighted by atomic mass is 10.0. The number of aliphatic hydroxyl groups is 1. The normalized spacial score (nSPS) is 13.8. The number of methoxy groups -OCH3 is 1. The van der Waals surface area contributed by atoms with Crippen LogP contribution in [0.15, 0.2) is 41.0 Å². The van der Waals surface area contributed by atoms with Gasteiger partial charge in [0, 0.05) is 24.7 Å². The fourth-order valence-corrected chi connectivity index (χ4v) is 2.28. The molecule has 0 spiro atoms. The lowest BCUT2D eigenvalue weighted by Crippen LogP contribution is -2.34. The first-order chi connectivity index (χ1) is 10.9. The third-order valence-corrected chi connectivity index (χ3v) is 3.47. The van der Waals surface area contributed by atoms with Gasteiger partial charge in [-0.2, -0.15) is 0 Å². The molecule has 0 aliphatic heterocycles. The van der Waals surface area contributed by atoms with Gasteiger partial charge in [-0.1, -0.05) is 6.07 Å². The molecule has 0 aliphatic carbocycles. The highest BCUT2D eigenvalue weighted by Crippen LogP contribution is 2.26. The maximum absolute atomic E-state index is 10.4. The van der Waals surface area contributed by atoms with Crippen LogP contribution in [0.3, 0.4) is 0 Å². The predicted molar refractivity (Wildman–Crippen MR) is 88.7 cm³/mol. The second-order valence-electron chi connectivity index (χ2n) is 5.99. The van der Waals surface area contributed by atoms with E-state index in [-0.39, 0.29) is 6.10 Å². The minimum Gasteiger partial charge on any atom is -0.497 e. The molecule has 23 heavy (non-hydrogen) atoms. The Bertz CT molecular complexity index is 605. The zero-order chi connectivity index (χ0) is 16.9. The van der Waals surface area contributed by atoms with Crippen LogP contribution in [0, 0.1) is 0 Å². The number of benzene rings is 1. The number of nitrogens with one attached hydrogen (secondary N) is 1. The van der Waals surface area contributed by atoms with Crippen molar-refractivity contribution in [3.63, 3.8) is 0 Å². The maximum Gasteiger partial charge on any atom is 0.136 e. The second kappa shape index (κ2) is 7.53. The zero-order valence-electron chi connectivity index (χ0n) is 14.1. The molecule has 0 fully saturated rings. The van der Waals surface area contributed by atoms with Gasteiger partial charge >= 0.3 is 0 Å².